The van der Waals surface area contributed by atoms with E-state index in [1.54, 1.807) is 4.68 Å². The van der Waals surface area contributed by atoms with Crippen LogP contribution in [0.3, 0.4) is 0 Å². The van der Waals surface area contributed by atoms with Crippen molar-refractivity contribution in [3.05, 3.63) is 51.7 Å². The number of nitrogens with one attached hydrogen (secondary N) is 1. The van der Waals surface area contributed by atoms with Crippen molar-refractivity contribution in [2.45, 2.75) is 58.5 Å². The van der Waals surface area contributed by atoms with Gasteiger partial charge in [0, 0.05) is 19.0 Å². The average molecular weight is 328 g/mol. The second-order valence-electron chi connectivity index (χ2n) is 6.98. The van der Waals surface area contributed by atoms with Gasteiger partial charge in [-0.1, -0.05) is 38.1 Å². The zero-order valence-corrected chi connectivity index (χ0v) is 15.0. The fraction of sp³-hybridized carbons (Fsp3) is 0.579. The molecule has 130 valence electrons. The minimum absolute atomic E-state index is 0.00556. The van der Waals surface area contributed by atoms with E-state index in [2.05, 4.69) is 48.5 Å². The summed E-state index contributed by atoms with van der Waals surface area (Å²) >= 11 is 0. The van der Waals surface area contributed by atoms with Crippen molar-refractivity contribution < 1.29 is 0 Å². The highest BCUT2D eigenvalue weighted by atomic mass is 16.2. The van der Waals surface area contributed by atoms with Crippen LogP contribution in [0.25, 0.3) is 0 Å². The lowest BCUT2D eigenvalue weighted by Crippen LogP contribution is -2.31. The highest BCUT2D eigenvalue weighted by Gasteiger charge is 2.23. The first-order valence-electron chi connectivity index (χ1n) is 9.07. The quantitative estimate of drug-likeness (QED) is 0.918. The Bertz CT molecular complexity index is 721. The molecule has 1 aliphatic heterocycles. The number of piperidine rings is 1. The van der Waals surface area contributed by atoms with Gasteiger partial charge in [-0.3, -0.25) is 4.57 Å². The lowest BCUT2D eigenvalue weighted by Gasteiger charge is -2.21. The molecule has 1 aromatic heterocycles. The zero-order chi connectivity index (χ0) is 17.1. The van der Waals surface area contributed by atoms with E-state index in [9.17, 15) is 4.79 Å². The van der Waals surface area contributed by atoms with Gasteiger partial charge in [-0.2, -0.15) is 5.10 Å². The summed E-state index contributed by atoms with van der Waals surface area (Å²) in [6.07, 6.45) is 2.25. The van der Waals surface area contributed by atoms with Crippen LogP contribution in [-0.2, 0) is 13.1 Å². The monoisotopic (exact) mass is 328 g/mol. The molecule has 3 rings (SSSR count). The van der Waals surface area contributed by atoms with Crippen LogP contribution >= 0.6 is 0 Å². The smallest absolute Gasteiger partial charge is 0.316 e. The second-order valence-corrected chi connectivity index (χ2v) is 6.98. The highest BCUT2D eigenvalue weighted by molar-refractivity contribution is 5.24. The molecule has 1 aliphatic rings. The van der Waals surface area contributed by atoms with Gasteiger partial charge >= 0.3 is 5.69 Å². The molecule has 0 aliphatic carbocycles. The lowest BCUT2D eigenvalue weighted by molar-refractivity contribution is 0.431. The molecular formula is C19H28N4O. The Morgan fingerprint density at radius 3 is 2.62 bits per heavy atom. The molecule has 0 saturated carbocycles. The Kier molecular flexibility index (Phi) is 5.19. The topological polar surface area (TPSA) is 51.9 Å². The van der Waals surface area contributed by atoms with Gasteiger partial charge in [0.25, 0.3) is 0 Å². The van der Waals surface area contributed by atoms with Crippen LogP contribution in [0.4, 0.5) is 0 Å². The summed E-state index contributed by atoms with van der Waals surface area (Å²) in [5.74, 6) is 1.80. The standard InChI is InChI=1S/C19H28N4O/c1-4-22-18(17-6-5-11-20-12-17)21-23(19(22)24)13-15-7-9-16(10-8-15)14(2)3/h7-10,14,17,20H,4-6,11-13H2,1-3H3/t17-/m0/s1. The van der Waals surface area contributed by atoms with Crippen LogP contribution in [0.5, 0.6) is 0 Å². The third-order valence-electron chi connectivity index (χ3n) is 4.91. The van der Waals surface area contributed by atoms with Crippen molar-refractivity contribution in [3.8, 4) is 0 Å². The van der Waals surface area contributed by atoms with E-state index in [-0.39, 0.29) is 5.69 Å². The van der Waals surface area contributed by atoms with Crippen molar-refractivity contribution in [2.75, 3.05) is 13.1 Å². The summed E-state index contributed by atoms with van der Waals surface area (Å²) in [4.78, 5) is 12.7. The number of rotatable bonds is 5. The van der Waals surface area contributed by atoms with Gasteiger partial charge < -0.3 is 5.32 Å². The van der Waals surface area contributed by atoms with Crippen LogP contribution < -0.4 is 11.0 Å². The molecule has 0 bridgehead atoms. The lowest BCUT2D eigenvalue weighted by atomic mass is 9.99. The third-order valence-corrected chi connectivity index (χ3v) is 4.91. The summed E-state index contributed by atoms with van der Waals surface area (Å²) in [6, 6.07) is 8.50. The number of benzene rings is 1. The Morgan fingerprint density at radius 1 is 1.29 bits per heavy atom. The molecule has 5 heteroatoms. The van der Waals surface area contributed by atoms with Gasteiger partial charge in [0.1, 0.15) is 5.82 Å². The van der Waals surface area contributed by atoms with Crippen LogP contribution in [0.15, 0.2) is 29.1 Å². The summed E-state index contributed by atoms with van der Waals surface area (Å²) < 4.78 is 3.46. The summed E-state index contributed by atoms with van der Waals surface area (Å²) in [6.45, 7) is 9.59. The Balaban J connectivity index is 1.85. The first kappa shape index (κ1) is 17.0. The highest BCUT2D eigenvalue weighted by Crippen LogP contribution is 2.21. The van der Waals surface area contributed by atoms with E-state index in [0.717, 1.165) is 37.3 Å². The normalized spacial score (nSPS) is 18.2. The number of hydrogen-bond donors (Lipinski definition) is 1. The molecule has 5 nitrogen and oxygen atoms in total. The average Bonchev–Trinajstić information content (AvgIpc) is 2.92. The Morgan fingerprint density at radius 2 is 2.04 bits per heavy atom. The molecule has 0 unspecified atom stereocenters. The zero-order valence-electron chi connectivity index (χ0n) is 15.0. The van der Waals surface area contributed by atoms with Crippen molar-refractivity contribution in [2.24, 2.45) is 0 Å². The maximum atomic E-state index is 12.7. The van der Waals surface area contributed by atoms with E-state index >= 15 is 0 Å². The third kappa shape index (κ3) is 3.46. The Labute approximate surface area is 143 Å². The number of aromatic nitrogens is 3. The van der Waals surface area contributed by atoms with Gasteiger partial charge in [-0.05, 0) is 43.4 Å². The molecule has 24 heavy (non-hydrogen) atoms. The summed E-state index contributed by atoms with van der Waals surface area (Å²) in [5.41, 5.74) is 2.45. The van der Waals surface area contributed by atoms with E-state index in [4.69, 9.17) is 0 Å². The maximum absolute atomic E-state index is 12.7. The summed E-state index contributed by atoms with van der Waals surface area (Å²) in [5, 5.41) is 8.10. The van der Waals surface area contributed by atoms with E-state index in [1.807, 2.05) is 11.5 Å². The Hall–Kier alpha value is -1.88. The molecule has 0 radical (unpaired) electrons. The fourth-order valence-electron chi connectivity index (χ4n) is 3.41. The van der Waals surface area contributed by atoms with E-state index < -0.39 is 0 Å². The molecule has 0 amide bonds. The van der Waals surface area contributed by atoms with E-state index in [1.165, 1.54) is 5.56 Å². The second kappa shape index (κ2) is 7.34. The van der Waals surface area contributed by atoms with E-state index in [0.29, 0.717) is 24.9 Å². The van der Waals surface area contributed by atoms with Crippen LogP contribution in [-0.4, -0.2) is 27.4 Å². The molecule has 1 aromatic carbocycles. The number of nitrogens with zero attached hydrogens (tertiary/aromatic N) is 3. The van der Waals surface area contributed by atoms with Crippen LogP contribution in [0.2, 0.25) is 0 Å². The van der Waals surface area contributed by atoms with Crippen LogP contribution in [0, 0.1) is 0 Å². The van der Waals surface area contributed by atoms with Crippen molar-refractivity contribution in [1.29, 1.82) is 0 Å². The molecule has 1 saturated heterocycles. The molecule has 1 N–H and O–H groups in total. The maximum Gasteiger partial charge on any atom is 0.346 e. The SMILES string of the molecule is CCn1c([C@H]2CCCNC2)nn(Cc2ccc(C(C)C)cc2)c1=O. The van der Waals surface area contributed by atoms with Crippen molar-refractivity contribution in [3.63, 3.8) is 0 Å². The first-order chi connectivity index (χ1) is 11.6. The van der Waals surface area contributed by atoms with Gasteiger partial charge in [0.05, 0.1) is 6.54 Å². The van der Waals surface area contributed by atoms with Crippen LogP contribution in [0.1, 0.15) is 62.4 Å². The van der Waals surface area contributed by atoms with Crippen molar-refractivity contribution in [1.82, 2.24) is 19.7 Å². The molecule has 2 heterocycles. The van der Waals surface area contributed by atoms with Gasteiger partial charge in [-0.15, -0.1) is 0 Å². The minimum atomic E-state index is 0.00556. The predicted octanol–water partition coefficient (Wildman–Crippen LogP) is 2.70. The molecule has 1 atom stereocenters. The van der Waals surface area contributed by atoms with Crippen molar-refractivity contribution >= 4 is 0 Å². The molecule has 0 spiro atoms. The first-order valence-corrected chi connectivity index (χ1v) is 9.07. The largest absolute Gasteiger partial charge is 0.346 e. The molecule has 2 aromatic rings. The van der Waals surface area contributed by atoms with Gasteiger partial charge in [0.15, 0.2) is 0 Å². The van der Waals surface area contributed by atoms with Gasteiger partial charge in [-0.25, -0.2) is 9.48 Å². The fourth-order valence-corrected chi connectivity index (χ4v) is 3.41. The molecular weight excluding hydrogens is 300 g/mol. The number of hydrogen-bond acceptors (Lipinski definition) is 3. The predicted molar refractivity (Wildman–Crippen MR) is 96.6 cm³/mol. The minimum Gasteiger partial charge on any atom is -0.316 e. The molecule has 1 fully saturated rings. The van der Waals surface area contributed by atoms with Gasteiger partial charge in [0.2, 0.25) is 0 Å². The summed E-state index contributed by atoms with van der Waals surface area (Å²) in [7, 11) is 0.